The second-order valence-corrected chi connectivity index (χ2v) is 4.45. The van der Waals surface area contributed by atoms with Gasteiger partial charge in [0.25, 0.3) is 5.91 Å². The van der Waals surface area contributed by atoms with Crippen LogP contribution in [-0.2, 0) is 0 Å². The second kappa shape index (κ2) is 5.56. The lowest BCUT2D eigenvalue weighted by Crippen LogP contribution is -2.23. The molecule has 0 spiro atoms. The summed E-state index contributed by atoms with van der Waals surface area (Å²) in [7, 11) is 0. The Morgan fingerprint density at radius 2 is 2.29 bits per heavy atom. The molecule has 0 unspecified atom stereocenters. The normalized spacial score (nSPS) is 9.93. The summed E-state index contributed by atoms with van der Waals surface area (Å²) >= 11 is 7.96. The van der Waals surface area contributed by atoms with Crippen LogP contribution < -0.4 is 5.32 Å². The fourth-order valence-corrected chi connectivity index (χ4v) is 1.61. The van der Waals surface area contributed by atoms with Crippen molar-refractivity contribution in [2.24, 2.45) is 0 Å². The Balaban J connectivity index is 2.76. The summed E-state index contributed by atoms with van der Waals surface area (Å²) in [5, 5.41) is 3.49. The summed E-state index contributed by atoms with van der Waals surface area (Å²) in [6.07, 6.45) is 0.941. The van der Waals surface area contributed by atoms with Gasteiger partial charge >= 0.3 is 0 Å². The molecule has 0 radical (unpaired) electrons. The van der Waals surface area contributed by atoms with Gasteiger partial charge in [-0.2, -0.15) is 0 Å². The molecule has 1 N–H and O–H groups in total. The fourth-order valence-electron chi connectivity index (χ4n) is 0.978. The molecule has 0 aliphatic rings. The minimum absolute atomic E-state index is 0.0403. The van der Waals surface area contributed by atoms with Gasteiger partial charge in [-0.3, -0.25) is 4.79 Å². The molecule has 1 rings (SSSR count). The number of benzene rings is 1. The molecule has 0 aliphatic carbocycles. The monoisotopic (exact) mass is 323 g/mol. The largest absolute Gasteiger partial charge is 0.352 e. The topological polar surface area (TPSA) is 29.1 Å². The molecule has 4 heteroatoms. The zero-order valence-electron chi connectivity index (χ0n) is 7.81. The number of halogens is 2. The maximum absolute atomic E-state index is 11.5. The fraction of sp³-hybridized carbons (Fsp3) is 0.300. The first-order valence-electron chi connectivity index (χ1n) is 4.38. The summed E-state index contributed by atoms with van der Waals surface area (Å²) in [4.78, 5) is 11.5. The van der Waals surface area contributed by atoms with Gasteiger partial charge in [-0.1, -0.05) is 18.5 Å². The van der Waals surface area contributed by atoms with Crippen molar-refractivity contribution >= 4 is 40.1 Å². The van der Waals surface area contributed by atoms with Crippen LogP contribution in [0.25, 0.3) is 0 Å². The van der Waals surface area contributed by atoms with E-state index in [0.29, 0.717) is 17.1 Å². The maximum atomic E-state index is 11.5. The molecule has 2 nitrogen and oxygen atoms in total. The van der Waals surface area contributed by atoms with Crippen molar-refractivity contribution in [3.05, 3.63) is 32.4 Å². The molecule has 0 heterocycles. The van der Waals surface area contributed by atoms with E-state index in [-0.39, 0.29) is 5.91 Å². The molecule has 76 valence electrons. The lowest BCUT2D eigenvalue weighted by atomic mass is 10.2. The molecule has 1 aromatic rings. The molecule has 1 amide bonds. The van der Waals surface area contributed by atoms with Crippen molar-refractivity contribution in [2.75, 3.05) is 6.54 Å². The number of carbonyl (C=O) groups excluding carboxylic acids is 1. The summed E-state index contributed by atoms with van der Waals surface area (Å²) in [6, 6.07) is 5.26. The Bertz CT molecular complexity index is 341. The van der Waals surface area contributed by atoms with Gasteiger partial charge in [-0.25, -0.2) is 0 Å². The van der Waals surface area contributed by atoms with Crippen LogP contribution in [0.1, 0.15) is 23.7 Å². The maximum Gasteiger partial charge on any atom is 0.251 e. The first-order chi connectivity index (χ1) is 6.65. The van der Waals surface area contributed by atoms with Crippen molar-refractivity contribution in [1.82, 2.24) is 5.32 Å². The van der Waals surface area contributed by atoms with Crippen LogP contribution in [-0.4, -0.2) is 12.5 Å². The van der Waals surface area contributed by atoms with Crippen LogP contribution in [0, 0.1) is 3.57 Å². The molecule has 14 heavy (non-hydrogen) atoms. The van der Waals surface area contributed by atoms with Gasteiger partial charge < -0.3 is 5.32 Å². The lowest BCUT2D eigenvalue weighted by molar-refractivity contribution is 0.0953. The molecule has 0 saturated heterocycles. The summed E-state index contributed by atoms with van der Waals surface area (Å²) in [5.74, 6) is -0.0403. The Morgan fingerprint density at radius 3 is 2.86 bits per heavy atom. The Hall–Kier alpha value is -0.290. The van der Waals surface area contributed by atoms with Crippen LogP contribution in [0.5, 0.6) is 0 Å². The molecular weight excluding hydrogens is 312 g/mol. The zero-order valence-corrected chi connectivity index (χ0v) is 10.7. The van der Waals surface area contributed by atoms with Gasteiger partial charge in [0.05, 0.1) is 5.02 Å². The SMILES string of the molecule is CCCNC(=O)c1ccc(Cl)c(I)c1. The van der Waals surface area contributed by atoms with Crippen LogP contribution in [0.2, 0.25) is 5.02 Å². The summed E-state index contributed by atoms with van der Waals surface area (Å²) in [6.45, 7) is 2.73. The average molecular weight is 324 g/mol. The smallest absolute Gasteiger partial charge is 0.251 e. The van der Waals surface area contributed by atoms with E-state index in [2.05, 4.69) is 27.9 Å². The Labute approximate surface area is 102 Å². The van der Waals surface area contributed by atoms with Crippen LogP contribution >= 0.6 is 34.2 Å². The van der Waals surface area contributed by atoms with Crippen LogP contribution in [0.4, 0.5) is 0 Å². The minimum Gasteiger partial charge on any atom is -0.352 e. The highest BCUT2D eigenvalue weighted by Crippen LogP contribution is 2.19. The van der Waals surface area contributed by atoms with Gasteiger partial charge in [0, 0.05) is 15.7 Å². The zero-order chi connectivity index (χ0) is 10.6. The number of hydrogen-bond acceptors (Lipinski definition) is 1. The van der Waals surface area contributed by atoms with E-state index >= 15 is 0 Å². The molecule has 0 fully saturated rings. The van der Waals surface area contributed by atoms with Gasteiger partial charge in [0.1, 0.15) is 0 Å². The Morgan fingerprint density at radius 1 is 1.57 bits per heavy atom. The number of carbonyl (C=O) groups is 1. The van der Waals surface area contributed by atoms with Crippen LogP contribution in [0.15, 0.2) is 18.2 Å². The standard InChI is InChI=1S/C10H11ClINO/c1-2-5-13-10(14)7-3-4-8(11)9(12)6-7/h3-4,6H,2,5H2,1H3,(H,13,14). The third-order valence-electron chi connectivity index (χ3n) is 1.72. The first kappa shape index (κ1) is 11.8. The summed E-state index contributed by atoms with van der Waals surface area (Å²) < 4.78 is 0.897. The van der Waals surface area contributed by atoms with Crippen molar-refractivity contribution < 1.29 is 4.79 Å². The molecule has 0 saturated carbocycles. The number of rotatable bonds is 3. The van der Waals surface area contributed by atoms with Crippen molar-refractivity contribution in [3.63, 3.8) is 0 Å². The predicted molar refractivity (Wildman–Crippen MR) is 66.8 cm³/mol. The molecule has 0 aromatic heterocycles. The molecule has 0 bridgehead atoms. The van der Waals surface area contributed by atoms with Gasteiger partial charge in [0.15, 0.2) is 0 Å². The van der Waals surface area contributed by atoms with E-state index in [4.69, 9.17) is 11.6 Å². The third kappa shape index (κ3) is 3.13. The van der Waals surface area contributed by atoms with Gasteiger partial charge in [-0.15, -0.1) is 0 Å². The quantitative estimate of drug-likeness (QED) is 0.851. The lowest BCUT2D eigenvalue weighted by Gasteiger charge is -2.04. The average Bonchev–Trinajstić information content (AvgIpc) is 2.18. The van der Waals surface area contributed by atoms with Gasteiger partial charge in [-0.05, 0) is 47.2 Å². The number of hydrogen-bond donors (Lipinski definition) is 1. The van der Waals surface area contributed by atoms with Crippen molar-refractivity contribution in [1.29, 1.82) is 0 Å². The van der Waals surface area contributed by atoms with E-state index in [1.807, 2.05) is 6.92 Å². The van der Waals surface area contributed by atoms with Crippen LogP contribution in [0.3, 0.4) is 0 Å². The third-order valence-corrected chi connectivity index (χ3v) is 3.26. The highest BCUT2D eigenvalue weighted by Gasteiger charge is 2.06. The van der Waals surface area contributed by atoms with Crippen molar-refractivity contribution in [3.8, 4) is 0 Å². The van der Waals surface area contributed by atoms with Crippen molar-refractivity contribution in [2.45, 2.75) is 13.3 Å². The number of amides is 1. The van der Waals surface area contributed by atoms with Gasteiger partial charge in [0.2, 0.25) is 0 Å². The molecule has 0 atom stereocenters. The first-order valence-corrected chi connectivity index (χ1v) is 5.84. The predicted octanol–water partition coefficient (Wildman–Crippen LogP) is 3.08. The van der Waals surface area contributed by atoms with E-state index in [1.165, 1.54) is 0 Å². The summed E-state index contributed by atoms with van der Waals surface area (Å²) in [5.41, 5.74) is 0.659. The Kier molecular flexibility index (Phi) is 4.68. The van der Waals surface area contributed by atoms with E-state index in [0.717, 1.165) is 9.99 Å². The highest BCUT2D eigenvalue weighted by molar-refractivity contribution is 14.1. The van der Waals surface area contributed by atoms with E-state index in [9.17, 15) is 4.79 Å². The molecular formula is C10H11ClINO. The molecule has 1 aromatic carbocycles. The minimum atomic E-state index is -0.0403. The van der Waals surface area contributed by atoms with E-state index in [1.54, 1.807) is 18.2 Å². The molecule has 0 aliphatic heterocycles. The number of nitrogens with one attached hydrogen (secondary N) is 1. The second-order valence-electron chi connectivity index (χ2n) is 2.88. The highest BCUT2D eigenvalue weighted by atomic mass is 127. The van der Waals surface area contributed by atoms with E-state index < -0.39 is 0 Å².